The van der Waals surface area contributed by atoms with Gasteiger partial charge in [0, 0.05) is 13.2 Å². The zero-order valence-corrected chi connectivity index (χ0v) is 28.1. The van der Waals surface area contributed by atoms with E-state index in [0.717, 1.165) is 55.4 Å². The highest BCUT2D eigenvalue weighted by molar-refractivity contribution is 6.69. The summed E-state index contributed by atoms with van der Waals surface area (Å²) in [5, 5.41) is 22.9. The van der Waals surface area contributed by atoms with Gasteiger partial charge in [-0.25, -0.2) is 0 Å². The Morgan fingerprint density at radius 2 is 0.822 bits per heavy atom. The van der Waals surface area contributed by atoms with Crippen LogP contribution in [0.25, 0.3) is 0 Å². The smallest absolute Gasteiger partial charge is 0.183 e. The van der Waals surface area contributed by atoms with Crippen LogP contribution in [0.3, 0.4) is 0 Å². The van der Waals surface area contributed by atoms with Crippen LogP contribution in [0.5, 0.6) is 0 Å². The van der Waals surface area contributed by atoms with Crippen LogP contribution in [0.1, 0.15) is 48.8 Å². The van der Waals surface area contributed by atoms with Crippen LogP contribution < -0.4 is 0 Å². The molecule has 3 aromatic carbocycles. The van der Waals surface area contributed by atoms with Gasteiger partial charge in [0.2, 0.25) is 0 Å². The van der Waals surface area contributed by atoms with Crippen molar-refractivity contribution < 1.29 is 33.6 Å². The first kappa shape index (κ1) is 35.5. The summed E-state index contributed by atoms with van der Waals surface area (Å²) in [4.78, 5) is 0. The molecule has 1 aliphatic carbocycles. The van der Waals surface area contributed by atoms with E-state index in [0.29, 0.717) is 19.8 Å². The summed E-state index contributed by atoms with van der Waals surface area (Å²) in [6.07, 6.45) is -0.251. The Labute approximate surface area is 270 Å². The first-order valence-corrected chi connectivity index (χ1v) is 19.8. The maximum Gasteiger partial charge on any atom is 0.183 e. The lowest BCUT2D eigenvalue weighted by Gasteiger charge is -2.47. The van der Waals surface area contributed by atoms with Gasteiger partial charge < -0.3 is 33.6 Å². The fraction of sp³-hybridized carbons (Fsp3) is 0.514. The van der Waals surface area contributed by atoms with E-state index in [9.17, 15) is 10.2 Å². The lowest BCUT2D eigenvalue weighted by Crippen LogP contribution is -2.66. The third kappa shape index (κ3) is 12.0. The fourth-order valence-electron chi connectivity index (χ4n) is 5.55. The van der Waals surface area contributed by atoms with E-state index in [1.54, 1.807) is 0 Å². The summed E-state index contributed by atoms with van der Waals surface area (Å²) < 4.78 is 31.7. The number of aliphatic hydroxyl groups excluding tert-OH is 2. The van der Waals surface area contributed by atoms with Crippen molar-refractivity contribution in [2.75, 3.05) is 13.2 Å². The molecule has 2 N–H and O–H groups in total. The molecule has 8 heteroatoms. The molecule has 0 aliphatic heterocycles. The molecule has 0 heterocycles. The maximum atomic E-state index is 11.4. The number of ether oxygens (including phenoxy) is 4. The standard InChI is InChI=1S/C37H52O7Si/c1-45(2,3)44-25-17-6-4-5-16-24-40-34-32(38)33(39)35(41-26-29-18-10-7-11-19-29)37(43-28-31-22-14-9-15-23-31)36(34)42-27-30-20-12-8-13-21-30/h7-15,18-23,32-39H,4-6,16-17,24-28H2,1-3H3/t32-,33+,34-,35-,36+,37+/m0/s1. The van der Waals surface area contributed by atoms with E-state index in [-0.39, 0.29) is 6.61 Å². The molecule has 0 amide bonds. The van der Waals surface area contributed by atoms with E-state index in [1.807, 2.05) is 91.0 Å². The van der Waals surface area contributed by atoms with E-state index in [1.165, 1.54) is 0 Å². The number of aliphatic hydroxyl groups is 2. The first-order valence-electron chi connectivity index (χ1n) is 16.4. The zero-order valence-electron chi connectivity index (χ0n) is 27.1. The SMILES string of the molecule is C[Si](C)(C)OCCCCCCCO[C@H]1[C@@H](O)[C@@H](O)[C@H](OCc2ccccc2)[C@@H](OCc2ccccc2)[C@@H]1OCc1ccccc1. The molecule has 0 aromatic heterocycles. The van der Waals surface area contributed by atoms with Gasteiger partial charge in [-0.1, -0.05) is 110 Å². The Morgan fingerprint density at radius 3 is 1.24 bits per heavy atom. The van der Waals surface area contributed by atoms with Gasteiger partial charge in [-0.05, 0) is 49.2 Å². The molecule has 4 rings (SSSR count). The highest BCUT2D eigenvalue weighted by Crippen LogP contribution is 2.32. The second-order valence-corrected chi connectivity index (χ2v) is 17.3. The van der Waals surface area contributed by atoms with Crippen molar-refractivity contribution in [2.45, 2.75) is 108 Å². The molecule has 0 unspecified atom stereocenters. The van der Waals surface area contributed by atoms with Crippen LogP contribution in [-0.4, -0.2) is 68.4 Å². The molecule has 45 heavy (non-hydrogen) atoms. The van der Waals surface area contributed by atoms with Gasteiger partial charge in [-0.2, -0.15) is 0 Å². The molecular weight excluding hydrogens is 584 g/mol. The van der Waals surface area contributed by atoms with Crippen molar-refractivity contribution in [3.63, 3.8) is 0 Å². The predicted octanol–water partition coefficient (Wildman–Crippen LogP) is 6.67. The Bertz CT molecular complexity index is 1190. The Balaban J connectivity index is 1.45. The summed E-state index contributed by atoms with van der Waals surface area (Å²) in [5.74, 6) is 0. The lowest BCUT2D eigenvalue weighted by molar-refractivity contribution is -0.272. The summed E-state index contributed by atoms with van der Waals surface area (Å²) in [7, 11) is -1.46. The number of rotatable bonds is 19. The van der Waals surface area contributed by atoms with Crippen LogP contribution in [0, 0.1) is 0 Å². The average molecular weight is 637 g/mol. The van der Waals surface area contributed by atoms with E-state index >= 15 is 0 Å². The monoisotopic (exact) mass is 636 g/mol. The van der Waals surface area contributed by atoms with Gasteiger partial charge in [-0.15, -0.1) is 0 Å². The molecule has 0 bridgehead atoms. The number of unbranched alkanes of at least 4 members (excludes halogenated alkanes) is 4. The topological polar surface area (TPSA) is 86.6 Å². The zero-order chi connectivity index (χ0) is 31.9. The third-order valence-electron chi connectivity index (χ3n) is 7.98. The number of hydrogen-bond donors (Lipinski definition) is 2. The summed E-state index contributed by atoms with van der Waals surface area (Å²) >= 11 is 0. The molecule has 1 fully saturated rings. The molecule has 1 aliphatic rings. The normalized spacial score (nSPS) is 23.7. The van der Waals surface area contributed by atoms with E-state index in [4.69, 9.17) is 23.4 Å². The average Bonchev–Trinajstić information content (AvgIpc) is 3.05. The molecule has 6 atom stereocenters. The van der Waals surface area contributed by atoms with Crippen molar-refractivity contribution in [2.24, 2.45) is 0 Å². The minimum Gasteiger partial charge on any atom is -0.418 e. The van der Waals surface area contributed by atoms with E-state index < -0.39 is 44.9 Å². The van der Waals surface area contributed by atoms with Crippen molar-refractivity contribution in [1.29, 1.82) is 0 Å². The van der Waals surface area contributed by atoms with Gasteiger partial charge in [0.05, 0.1) is 19.8 Å². The highest BCUT2D eigenvalue weighted by Gasteiger charge is 2.52. The largest absolute Gasteiger partial charge is 0.418 e. The highest BCUT2D eigenvalue weighted by atomic mass is 28.4. The lowest BCUT2D eigenvalue weighted by atomic mass is 9.84. The van der Waals surface area contributed by atoms with Crippen LogP contribution in [0.15, 0.2) is 91.0 Å². The van der Waals surface area contributed by atoms with Crippen LogP contribution >= 0.6 is 0 Å². The second kappa shape index (κ2) is 18.7. The van der Waals surface area contributed by atoms with Gasteiger partial charge in [0.1, 0.15) is 36.6 Å². The molecule has 0 saturated heterocycles. The summed E-state index contributed by atoms with van der Waals surface area (Å²) in [5.41, 5.74) is 2.96. The maximum absolute atomic E-state index is 11.4. The number of benzene rings is 3. The van der Waals surface area contributed by atoms with Crippen LogP contribution in [0.4, 0.5) is 0 Å². The summed E-state index contributed by atoms with van der Waals surface area (Å²) in [6, 6.07) is 29.6. The fourth-order valence-corrected chi connectivity index (χ4v) is 6.31. The molecule has 0 radical (unpaired) electrons. The Kier molecular flexibility index (Phi) is 14.7. The number of hydrogen-bond acceptors (Lipinski definition) is 7. The molecular formula is C37H52O7Si. The van der Waals surface area contributed by atoms with Gasteiger partial charge >= 0.3 is 0 Å². The third-order valence-corrected chi connectivity index (χ3v) is 9.05. The van der Waals surface area contributed by atoms with E-state index in [2.05, 4.69) is 19.6 Å². The van der Waals surface area contributed by atoms with Crippen molar-refractivity contribution >= 4 is 8.32 Å². The van der Waals surface area contributed by atoms with Gasteiger partial charge in [-0.3, -0.25) is 0 Å². The predicted molar refractivity (Wildman–Crippen MR) is 179 cm³/mol. The Morgan fingerprint density at radius 1 is 0.467 bits per heavy atom. The van der Waals surface area contributed by atoms with Gasteiger partial charge in [0.25, 0.3) is 0 Å². The van der Waals surface area contributed by atoms with Crippen molar-refractivity contribution in [3.8, 4) is 0 Å². The molecule has 1 saturated carbocycles. The minimum atomic E-state index is -1.46. The second-order valence-electron chi connectivity index (χ2n) is 12.8. The first-order chi connectivity index (χ1) is 21.8. The van der Waals surface area contributed by atoms with Gasteiger partial charge in [0.15, 0.2) is 8.32 Å². The molecule has 3 aromatic rings. The summed E-state index contributed by atoms with van der Waals surface area (Å²) in [6.45, 7) is 8.80. The van der Waals surface area contributed by atoms with Crippen LogP contribution in [0.2, 0.25) is 19.6 Å². The minimum absolute atomic E-state index is 0.264. The van der Waals surface area contributed by atoms with Crippen molar-refractivity contribution in [1.82, 2.24) is 0 Å². The molecule has 246 valence electrons. The molecule has 0 spiro atoms. The van der Waals surface area contributed by atoms with Crippen molar-refractivity contribution in [3.05, 3.63) is 108 Å². The molecule has 7 nitrogen and oxygen atoms in total. The quantitative estimate of drug-likeness (QED) is 0.112. The van der Waals surface area contributed by atoms with Crippen LogP contribution in [-0.2, 0) is 43.2 Å². The Hall–Kier alpha value is -2.40.